The second kappa shape index (κ2) is 9.83. The molecule has 0 fully saturated rings. The second-order valence-electron chi connectivity index (χ2n) is 7.75. The van der Waals surface area contributed by atoms with E-state index in [1.807, 2.05) is 54.9 Å². The molecule has 0 saturated heterocycles. The van der Waals surface area contributed by atoms with Crippen molar-refractivity contribution in [2.24, 2.45) is 7.05 Å². The van der Waals surface area contributed by atoms with Gasteiger partial charge in [-0.1, -0.05) is 90.6 Å². The molecule has 4 aromatic rings. The molecule has 162 valence electrons. The highest BCUT2D eigenvalue weighted by atomic mass is 32.2. The average Bonchev–Trinajstić information content (AvgIpc) is 3.18. The molecule has 0 radical (unpaired) electrons. The highest BCUT2D eigenvalue weighted by Gasteiger charge is 2.15. The van der Waals surface area contributed by atoms with Crippen LogP contribution >= 0.6 is 11.8 Å². The van der Waals surface area contributed by atoms with E-state index in [0.717, 1.165) is 33.2 Å². The minimum Gasteiger partial charge on any atom is -0.349 e. The number of rotatable bonds is 7. The fourth-order valence-electron chi connectivity index (χ4n) is 3.59. The van der Waals surface area contributed by atoms with Gasteiger partial charge in [0.25, 0.3) is 0 Å². The van der Waals surface area contributed by atoms with Crippen LogP contribution in [0.25, 0.3) is 22.5 Å². The van der Waals surface area contributed by atoms with E-state index < -0.39 is 0 Å². The maximum atomic E-state index is 12.5. The fraction of sp³-hybridized carbons (Fsp3) is 0.192. The Morgan fingerprint density at radius 3 is 2.31 bits per heavy atom. The first-order valence-corrected chi connectivity index (χ1v) is 11.5. The molecule has 0 aliphatic heterocycles. The van der Waals surface area contributed by atoms with Crippen molar-refractivity contribution in [3.8, 4) is 22.5 Å². The van der Waals surface area contributed by atoms with Gasteiger partial charge in [0.2, 0.25) is 5.91 Å². The van der Waals surface area contributed by atoms with E-state index in [-0.39, 0.29) is 17.7 Å². The minimum atomic E-state index is -0.0741. The lowest BCUT2D eigenvalue weighted by Gasteiger charge is -2.15. The molecular weight excluding hydrogens is 416 g/mol. The van der Waals surface area contributed by atoms with Crippen molar-refractivity contribution >= 4 is 17.7 Å². The molecule has 0 unspecified atom stereocenters. The van der Waals surface area contributed by atoms with Crippen LogP contribution in [0.1, 0.15) is 24.1 Å². The molecule has 0 saturated carbocycles. The van der Waals surface area contributed by atoms with Gasteiger partial charge in [-0.05, 0) is 36.1 Å². The van der Waals surface area contributed by atoms with Gasteiger partial charge in [-0.2, -0.15) is 0 Å². The van der Waals surface area contributed by atoms with E-state index in [4.69, 9.17) is 0 Å². The number of thioether (sulfide) groups is 1. The zero-order chi connectivity index (χ0) is 22.5. The summed E-state index contributed by atoms with van der Waals surface area (Å²) < 4.78 is 1.94. The highest BCUT2D eigenvalue weighted by Crippen LogP contribution is 2.25. The first-order valence-electron chi connectivity index (χ1n) is 10.6. The van der Waals surface area contributed by atoms with Gasteiger partial charge in [0.15, 0.2) is 11.0 Å². The molecule has 6 heteroatoms. The number of aromatic nitrogens is 3. The van der Waals surface area contributed by atoms with Crippen molar-refractivity contribution in [1.29, 1.82) is 0 Å². The van der Waals surface area contributed by atoms with Crippen molar-refractivity contribution < 1.29 is 4.79 Å². The summed E-state index contributed by atoms with van der Waals surface area (Å²) in [5, 5.41) is 12.4. The van der Waals surface area contributed by atoms with Gasteiger partial charge < -0.3 is 9.88 Å². The molecule has 0 spiro atoms. The molecule has 1 amide bonds. The highest BCUT2D eigenvalue weighted by molar-refractivity contribution is 7.99. The molecule has 1 N–H and O–H groups in total. The summed E-state index contributed by atoms with van der Waals surface area (Å²) in [6, 6.07) is 26.6. The first kappa shape index (κ1) is 21.8. The number of hydrogen-bond acceptors (Lipinski definition) is 4. The van der Waals surface area contributed by atoms with Crippen LogP contribution in [0.5, 0.6) is 0 Å². The van der Waals surface area contributed by atoms with Crippen molar-refractivity contribution in [3.63, 3.8) is 0 Å². The zero-order valence-electron chi connectivity index (χ0n) is 18.4. The Hall–Kier alpha value is -3.38. The van der Waals surface area contributed by atoms with Crippen LogP contribution in [0.4, 0.5) is 0 Å². The Kier molecular flexibility index (Phi) is 6.71. The molecule has 1 atom stereocenters. The third-order valence-electron chi connectivity index (χ3n) is 5.45. The molecule has 1 heterocycles. The van der Waals surface area contributed by atoms with Gasteiger partial charge in [0.05, 0.1) is 11.8 Å². The smallest absolute Gasteiger partial charge is 0.230 e. The van der Waals surface area contributed by atoms with Crippen molar-refractivity contribution in [3.05, 3.63) is 90.0 Å². The predicted octanol–water partition coefficient (Wildman–Crippen LogP) is 5.43. The lowest BCUT2D eigenvalue weighted by atomic mass is 10.0. The maximum Gasteiger partial charge on any atom is 0.230 e. The van der Waals surface area contributed by atoms with Crippen molar-refractivity contribution in [2.75, 3.05) is 5.75 Å². The van der Waals surface area contributed by atoms with Crippen LogP contribution in [0.3, 0.4) is 0 Å². The molecule has 0 bridgehead atoms. The number of carbonyl (C=O) groups is 1. The number of benzene rings is 3. The molecule has 0 aliphatic rings. The van der Waals surface area contributed by atoms with E-state index in [9.17, 15) is 4.79 Å². The maximum absolute atomic E-state index is 12.5. The summed E-state index contributed by atoms with van der Waals surface area (Å²) in [5.74, 6) is 1.06. The van der Waals surface area contributed by atoms with Crippen LogP contribution in [-0.4, -0.2) is 26.4 Å². The lowest BCUT2D eigenvalue weighted by molar-refractivity contribution is -0.119. The minimum absolute atomic E-state index is 0.0323. The summed E-state index contributed by atoms with van der Waals surface area (Å²) in [5.41, 5.74) is 5.61. The van der Waals surface area contributed by atoms with Gasteiger partial charge >= 0.3 is 0 Å². The monoisotopic (exact) mass is 442 g/mol. The van der Waals surface area contributed by atoms with Crippen LogP contribution in [-0.2, 0) is 11.8 Å². The Bertz CT molecular complexity index is 1200. The average molecular weight is 443 g/mol. The van der Waals surface area contributed by atoms with E-state index in [2.05, 4.69) is 64.9 Å². The number of nitrogens with one attached hydrogen (secondary N) is 1. The molecule has 3 aromatic carbocycles. The third kappa shape index (κ3) is 4.92. The number of carbonyl (C=O) groups excluding carboxylic acids is 1. The van der Waals surface area contributed by atoms with Gasteiger partial charge in [-0.25, -0.2) is 0 Å². The van der Waals surface area contributed by atoms with Crippen molar-refractivity contribution in [2.45, 2.75) is 25.0 Å². The Labute approximate surface area is 192 Å². The van der Waals surface area contributed by atoms with E-state index in [1.54, 1.807) is 0 Å². The van der Waals surface area contributed by atoms with E-state index in [1.165, 1.54) is 17.3 Å². The molecule has 4 rings (SSSR count). The number of aryl methyl sites for hydroxylation is 1. The van der Waals surface area contributed by atoms with Crippen LogP contribution < -0.4 is 5.32 Å². The molecule has 32 heavy (non-hydrogen) atoms. The standard InChI is InChI=1S/C26H26N4OS/c1-18-9-7-8-12-23(18)25-28-29-26(30(25)3)32-17-24(31)27-19(2)20-13-15-22(16-14-20)21-10-5-4-6-11-21/h4-16,19H,17H2,1-3H3,(H,27,31)/t19-/m1/s1. The Balaban J connectivity index is 1.35. The summed E-state index contributed by atoms with van der Waals surface area (Å²) >= 11 is 1.39. The quantitative estimate of drug-likeness (QED) is 0.388. The van der Waals surface area contributed by atoms with E-state index >= 15 is 0 Å². The number of amides is 1. The number of hydrogen-bond donors (Lipinski definition) is 1. The largest absolute Gasteiger partial charge is 0.349 e. The van der Waals surface area contributed by atoms with E-state index in [0.29, 0.717) is 0 Å². The van der Waals surface area contributed by atoms with Crippen LogP contribution in [0.2, 0.25) is 0 Å². The normalized spacial score (nSPS) is 11.8. The topological polar surface area (TPSA) is 59.8 Å². The first-order chi connectivity index (χ1) is 15.5. The summed E-state index contributed by atoms with van der Waals surface area (Å²) in [6.45, 7) is 4.05. The van der Waals surface area contributed by atoms with Crippen LogP contribution in [0.15, 0.2) is 84.0 Å². The van der Waals surface area contributed by atoms with Gasteiger partial charge in [0, 0.05) is 12.6 Å². The predicted molar refractivity (Wildman–Crippen MR) is 130 cm³/mol. The Morgan fingerprint density at radius 1 is 0.938 bits per heavy atom. The van der Waals surface area contributed by atoms with Crippen LogP contribution in [0, 0.1) is 6.92 Å². The third-order valence-corrected chi connectivity index (χ3v) is 6.47. The summed E-state index contributed by atoms with van der Waals surface area (Å²) in [4.78, 5) is 12.5. The SMILES string of the molecule is Cc1ccccc1-c1nnc(SCC(=O)N[C@H](C)c2ccc(-c3ccccc3)cc2)n1C. The van der Waals surface area contributed by atoms with Gasteiger partial charge in [-0.15, -0.1) is 10.2 Å². The van der Waals surface area contributed by atoms with Gasteiger partial charge in [-0.3, -0.25) is 4.79 Å². The molecule has 5 nitrogen and oxygen atoms in total. The molecule has 1 aromatic heterocycles. The molecular formula is C26H26N4OS. The molecule has 0 aliphatic carbocycles. The summed E-state index contributed by atoms with van der Waals surface area (Å²) in [6.07, 6.45) is 0. The lowest BCUT2D eigenvalue weighted by Crippen LogP contribution is -2.28. The second-order valence-corrected chi connectivity index (χ2v) is 8.69. The fourth-order valence-corrected chi connectivity index (χ4v) is 4.31. The number of nitrogens with zero attached hydrogens (tertiary/aromatic N) is 3. The summed E-state index contributed by atoms with van der Waals surface area (Å²) in [7, 11) is 1.93. The Morgan fingerprint density at radius 2 is 1.59 bits per heavy atom. The zero-order valence-corrected chi connectivity index (χ0v) is 19.3. The van der Waals surface area contributed by atoms with Gasteiger partial charge in [0.1, 0.15) is 0 Å². The van der Waals surface area contributed by atoms with Crippen molar-refractivity contribution in [1.82, 2.24) is 20.1 Å².